The second-order valence-electron chi connectivity index (χ2n) is 4.28. The maximum atomic E-state index is 11.6. The van der Waals surface area contributed by atoms with Crippen molar-refractivity contribution in [3.8, 4) is 5.75 Å². The first-order valence-electron chi connectivity index (χ1n) is 6.42. The number of anilines is 1. The maximum Gasteiger partial charge on any atom is 0.309 e. The minimum absolute atomic E-state index is 0.196. The van der Waals surface area contributed by atoms with Gasteiger partial charge >= 0.3 is 5.97 Å². The van der Waals surface area contributed by atoms with Crippen molar-refractivity contribution in [3.63, 3.8) is 0 Å². The third-order valence-electron chi connectivity index (χ3n) is 2.73. The van der Waals surface area contributed by atoms with Gasteiger partial charge in [-0.05, 0) is 17.7 Å². The molecule has 0 saturated heterocycles. The van der Waals surface area contributed by atoms with Gasteiger partial charge in [0.05, 0.1) is 18.7 Å². The van der Waals surface area contributed by atoms with E-state index in [1.807, 2.05) is 42.5 Å². The van der Waals surface area contributed by atoms with Crippen LogP contribution in [0.5, 0.6) is 5.75 Å². The van der Waals surface area contributed by atoms with Gasteiger partial charge in [0.2, 0.25) is 0 Å². The molecule has 0 spiro atoms. The molecule has 2 aromatic carbocycles. The normalized spacial score (nSPS) is 10.0. The van der Waals surface area contributed by atoms with E-state index in [1.54, 1.807) is 12.1 Å². The molecule has 0 unspecified atom stereocenters. The van der Waals surface area contributed by atoms with Gasteiger partial charge in [0, 0.05) is 0 Å². The van der Waals surface area contributed by atoms with Gasteiger partial charge in [0.15, 0.2) is 0 Å². The van der Waals surface area contributed by atoms with Gasteiger partial charge in [-0.2, -0.15) is 0 Å². The molecule has 4 heteroatoms. The van der Waals surface area contributed by atoms with Crippen LogP contribution in [0.15, 0.2) is 54.6 Å². The number of rotatable bonds is 6. The number of benzene rings is 2. The molecule has 0 fully saturated rings. The molecule has 0 amide bonds. The average Bonchev–Trinajstić information content (AvgIpc) is 2.48. The zero-order chi connectivity index (χ0) is 14.2. The number of nitrogen functional groups attached to an aromatic ring is 1. The first-order chi connectivity index (χ1) is 9.75. The number of hydrogen-bond donors (Lipinski definition) is 1. The van der Waals surface area contributed by atoms with Crippen LogP contribution in [0.25, 0.3) is 0 Å². The van der Waals surface area contributed by atoms with Crippen molar-refractivity contribution in [2.24, 2.45) is 0 Å². The highest BCUT2D eigenvalue weighted by molar-refractivity contribution is 5.69. The number of nitrogens with two attached hydrogens (primary N) is 1. The predicted octanol–water partition coefficient (Wildman–Crippen LogP) is 2.78. The van der Waals surface area contributed by atoms with Crippen molar-refractivity contribution in [3.05, 3.63) is 60.2 Å². The topological polar surface area (TPSA) is 61.5 Å². The van der Waals surface area contributed by atoms with Crippen molar-refractivity contribution < 1.29 is 14.3 Å². The summed E-state index contributed by atoms with van der Waals surface area (Å²) in [5.74, 6) is 0.298. The summed E-state index contributed by atoms with van der Waals surface area (Å²) in [5, 5.41) is 0. The Hall–Kier alpha value is -2.49. The standard InChI is InChI=1S/C16H17NO3/c17-14-8-4-5-9-15(14)19-11-10-16(18)20-12-13-6-2-1-3-7-13/h1-9H,10-12,17H2. The quantitative estimate of drug-likeness (QED) is 0.648. The Balaban J connectivity index is 1.69. The van der Waals surface area contributed by atoms with E-state index in [2.05, 4.69) is 0 Å². The fourth-order valence-corrected chi connectivity index (χ4v) is 1.67. The molecule has 2 N–H and O–H groups in total. The molecule has 0 aliphatic heterocycles. The number of hydrogen-bond acceptors (Lipinski definition) is 4. The Bertz CT molecular complexity index is 555. The third-order valence-corrected chi connectivity index (χ3v) is 2.73. The lowest BCUT2D eigenvalue weighted by Gasteiger charge is -2.08. The smallest absolute Gasteiger partial charge is 0.309 e. The molecule has 0 aliphatic carbocycles. The van der Waals surface area contributed by atoms with Gasteiger partial charge in [0.25, 0.3) is 0 Å². The monoisotopic (exact) mass is 271 g/mol. The van der Waals surface area contributed by atoms with Crippen LogP contribution in [0, 0.1) is 0 Å². The summed E-state index contributed by atoms with van der Waals surface area (Å²) in [5.41, 5.74) is 7.26. The second kappa shape index (κ2) is 7.19. The van der Waals surface area contributed by atoms with Crippen molar-refractivity contribution in [2.75, 3.05) is 12.3 Å². The van der Waals surface area contributed by atoms with Crippen LogP contribution in [-0.4, -0.2) is 12.6 Å². The summed E-state index contributed by atoms with van der Waals surface area (Å²) < 4.78 is 10.6. The fourth-order valence-electron chi connectivity index (χ4n) is 1.67. The Labute approximate surface area is 118 Å². The van der Waals surface area contributed by atoms with Crippen molar-refractivity contribution in [1.82, 2.24) is 0 Å². The molecule has 0 heterocycles. The SMILES string of the molecule is Nc1ccccc1OCCC(=O)OCc1ccccc1. The molecule has 0 bridgehead atoms. The van der Waals surface area contributed by atoms with Crippen LogP contribution in [0.4, 0.5) is 5.69 Å². The summed E-state index contributed by atoms with van der Waals surface area (Å²) in [4.78, 5) is 11.6. The summed E-state index contributed by atoms with van der Waals surface area (Å²) in [6, 6.07) is 16.7. The highest BCUT2D eigenvalue weighted by Gasteiger charge is 2.05. The van der Waals surface area contributed by atoms with Crippen molar-refractivity contribution in [2.45, 2.75) is 13.0 Å². The lowest BCUT2D eigenvalue weighted by Crippen LogP contribution is -2.10. The average molecular weight is 271 g/mol. The van der Waals surface area contributed by atoms with E-state index in [9.17, 15) is 4.79 Å². The highest BCUT2D eigenvalue weighted by Crippen LogP contribution is 2.19. The largest absolute Gasteiger partial charge is 0.491 e. The van der Waals surface area contributed by atoms with Crippen LogP contribution in [0.3, 0.4) is 0 Å². The molecule has 0 atom stereocenters. The Morgan fingerprint density at radius 1 is 1.00 bits per heavy atom. The molecular weight excluding hydrogens is 254 g/mol. The van der Waals surface area contributed by atoms with E-state index >= 15 is 0 Å². The van der Waals surface area contributed by atoms with E-state index in [4.69, 9.17) is 15.2 Å². The lowest BCUT2D eigenvalue weighted by atomic mass is 10.2. The van der Waals surface area contributed by atoms with Crippen LogP contribution >= 0.6 is 0 Å². The minimum Gasteiger partial charge on any atom is -0.491 e. The van der Waals surface area contributed by atoms with Crippen LogP contribution < -0.4 is 10.5 Å². The number of carbonyl (C=O) groups excluding carboxylic acids is 1. The predicted molar refractivity (Wildman–Crippen MR) is 77.2 cm³/mol. The molecule has 0 aromatic heterocycles. The van der Waals surface area contributed by atoms with E-state index in [0.717, 1.165) is 5.56 Å². The maximum absolute atomic E-state index is 11.6. The Kier molecular flexibility index (Phi) is 5.00. The van der Waals surface area contributed by atoms with Crippen molar-refractivity contribution >= 4 is 11.7 Å². The molecule has 0 radical (unpaired) electrons. The highest BCUT2D eigenvalue weighted by atomic mass is 16.5. The Morgan fingerprint density at radius 3 is 2.45 bits per heavy atom. The number of carbonyl (C=O) groups is 1. The molecule has 104 valence electrons. The van der Waals surface area contributed by atoms with Crippen LogP contribution in [-0.2, 0) is 16.1 Å². The first-order valence-corrected chi connectivity index (χ1v) is 6.42. The minimum atomic E-state index is -0.289. The van der Waals surface area contributed by atoms with E-state index in [-0.39, 0.29) is 25.6 Å². The molecule has 2 aromatic rings. The number of para-hydroxylation sites is 2. The fraction of sp³-hybridized carbons (Fsp3) is 0.188. The number of esters is 1. The van der Waals surface area contributed by atoms with Gasteiger partial charge in [-0.25, -0.2) is 0 Å². The van der Waals surface area contributed by atoms with Gasteiger partial charge in [-0.1, -0.05) is 42.5 Å². The summed E-state index contributed by atoms with van der Waals surface area (Å²) in [6.45, 7) is 0.537. The van der Waals surface area contributed by atoms with E-state index in [0.29, 0.717) is 11.4 Å². The van der Waals surface area contributed by atoms with Gasteiger partial charge in [0.1, 0.15) is 12.4 Å². The van der Waals surface area contributed by atoms with E-state index in [1.165, 1.54) is 0 Å². The molecule has 0 saturated carbocycles. The van der Waals surface area contributed by atoms with Crippen molar-refractivity contribution in [1.29, 1.82) is 0 Å². The van der Waals surface area contributed by atoms with E-state index < -0.39 is 0 Å². The second-order valence-corrected chi connectivity index (χ2v) is 4.28. The zero-order valence-electron chi connectivity index (χ0n) is 11.1. The molecule has 4 nitrogen and oxygen atoms in total. The molecule has 0 aliphatic rings. The van der Waals surface area contributed by atoms with Gasteiger partial charge in [-0.3, -0.25) is 4.79 Å². The molecule has 20 heavy (non-hydrogen) atoms. The summed E-state index contributed by atoms with van der Waals surface area (Å²) in [7, 11) is 0. The first kappa shape index (κ1) is 13.9. The molecule has 2 rings (SSSR count). The zero-order valence-corrected chi connectivity index (χ0v) is 11.1. The summed E-state index contributed by atoms with van der Waals surface area (Å²) in [6.07, 6.45) is 0.196. The molecular formula is C16H17NO3. The van der Waals surface area contributed by atoms with Crippen LogP contribution in [0.1, 0.15) is 12.0 Å². The third kappa shape index (κ3) is 4.31. The Morgan fingerprint density at radius 2 is 1.70 bits per heavy atom. The van der Waals surface area contributed by atoms with Gasteiger partial charge in [-0.15, -0.1) is 0 Å². The summed E-state index contributed by atoms with van der Waals surface area (Å²) >= 11 is 0. The number of ether oxygens (including phenoxy) is 2. The lowest BCUT2D eigenvalue weighted by molar-refractivity contribution is -0.145. The van der Waals surface area contributed by atoms with Crippen LogP contribution in [0.2, 0.25) is 0 Å². The van der Waals surface area contributed by atoms with Gasteiger partial charge < -0.3 is 15.2 Å².